The van der Waals surface area contributed by atoms with Gasteiger partial charge in [-0.05, 0) is 32.1 Å². The summed E-state index contributed by atoms with van der Waals surface area (Å²) in [6.07, 6.45) is 3.44. The van der Waals surface area contributed by atoms with E-state index in [9.17, 15) is 4.79 Å². The Morgan fingerprint density at radius 2 is 2.29 bits per heavy atom. The molecule has 4 atom stereocenters. The second-order valence-electron chi connectivity index (χ2n) is 5.10. The molecule has 2 fully saturated rings. The normalized spacial score (nSPS) is 45.5. The number of hydrogen-bond donors (Lipinski definition) is 2. The number of carbonyl (C=O) groups is 1. The van der Waals surface area contributed by atoms with E-state index in [4.69, 9.17) is 0 Å². The molecule has 1 amide bonds. The van der Waals surface area contributed by atoms with Crippen molar-refractivity contribution in [3.8, 4) is 0 Å². The van der Waals surface area contributed by atoms with Gasteiger partial charge in [0.15, 0.2) is 0 Å². The van der Waals surface area contributed by atoms with Crippen LogP contribution in [0.5, 0.6) is 0 Å². The van der Waals surface area contributed by atoms with Gasteiger partial charge < -0.3 is 10.6 Å². The standard InChI is InChI=1S/C11H20N2O/c1-4-9-8-5-11(3,13-7(2)14)6-10(8)12-9/h8-10,12H,4-6H2,1-3H3,(H,13,14). The van der Waals surface area contributed by atoms with Gasteiger partial charge in [-0.1, -0.05) is 6.92 Å². The first kappa shape index (κ1) is 9.97. The molecule has 2 aliphatic rings. The smallest absolute Gasteiger partial charge is 0.217 e. The second kappa shape index (κ2) is 3.23. The van der Waals surface area contributed by atoms with Crippen molar-refractivity contribution in [1.29, 1.82) is 0 Å². The first-order valence-electron chi connectivity index (χ1n) is 5.59. The van der Waals surface area contributed by atoms with Crippen LogP contribution in [0.4, 0.5) is 0 Å². The fraction of sp³-hybridized carbons (Fsp3) is 0.909. The van der Waals surface area contributed by atoms with Gasteiger partial charge in [0.2, 0.25) is 5.91 Å². The number of amides is 1. The summed E-state index contributed by atoms with van der Waals surface area (Å²) >= 11 is 0. The van der Waals surface area contributed by atoms with Gasteiger partial charge in [-0.3, -0.25) is 4.79 Å². The molecule has 14 heavy (non-hydrogen) atoms. The largest absolute Gasteiger partial charge is 0.351 e. The van der Waals surface area contributed by atoms with Crippen molar-refractivity contribution < 1.29 is 4.79 Å². The van der Waals surface area contributed by atoms with Gasteiger partial charge >= 0.3 is 0 Å². The average Bonchev–Trinajstić information content (AvgIpc) is 2.28. The van der Waals surface area contributed by atoms with E-state index in [0.29, 0.717) is 12.1 Å². The maximum atomic E-state index is 11.1. The minimum Gasteiger partial charge on any atom is -0.351 e. The lowest BCUT2D eigenvalue weighted by atomic mass is 9.83. The molecule has 1 saturated carbocycles. The van der Waals surface area contributed by atoms with E-state index in [1.165, 1.54) is 6.42 Å². The highest BCUT2D eigenvalue weighted by Crippen LogP contribution is 2.43. The van der Waals surface area contributed by atoms with Crippen molar-refractivity contribution in [1.82, 2.24) is 10.6 Å². The summed E-state index contributed by atoms with van der Waals surface area (Å²) in [6, 6.07) is 1.34. The number of nitrogens with one attached hydrogen (secondary N) is 2. The Bertz CT molecular complexity index is 254. The molecule has 3 heteroatoms. The van der Waals surface area contributed by atoms with Crippen molar-refractivity contribution in [2.24, 2.45) is 5.92 Å². The zero-order chi connectivity index (χ0) is 10.3. The third-order valence-electron chi connectivity index (χ3n) is 3.74. The predicted molar refractivity (Wildman–Crippen MR) is 55.9 cm³/mol. The topological polar surface area (TPSA) is 41.1 Å². The Kier molecular flexibility index (Phi) is 2.30. The fourth-order valence-electron chi connectivity index (χ4n) is 3.22. The Labute approximate surface area is 85.6 Å². The quantitative estimate of drug-likeness (QED) is 0.693. The molecule has 0 aromatic rings. The van der Waals surface area contributed by atoms with Crippen molar-refractivity contribution in [2.45, 2.75) is 57.7 Å². The summed E-state index contributed by atoms with van der Waals surface area (Å²) in [6.45, 7) is 6.00. The molecule has 80 valence electrons. The van der Waals surface area contributed by atoms with E-state index in [2.05, 4.69) is 24.5 Å². The Balaban J connectivity index is 1.97. The molecule has 1 aliphatic heterocycles. The molecule has 1 aliphatic carbocycles. The highest BCUT2D eigenvalue weighted by atomic mass is 16.1. The van der Waals surface area contributed by atoms with E-state index >= 15 is 0 Å². The van der Waals surface area contributed by atoms with Gasteiger partial charge in [0.05, 0.1) is 0 Å². The van der Waals surface area contributed by atoms with Crippen molar-refractivity contribution >= 4 is 5.91 Å². The van der Waals surface area contributed by atoms with Crippen molar-refractivity contribution in [3.63, 3.8) is 0 Å². The van der Waals surface area contributed by atoms with Crippen LogP contribution in [-0.2, 0) is 4.79 Å². The van der Waals surface area contributed by atoms with Crippen molar-refractivity contribution in [3.05, 3.63) is 0 Å². The Hall–Kier alpha value is -0.570. The summed E-state index contributed by atoms with van der Waals surface area (Å²) in [5.41, 5.74) is 0.0398. The molecule has 0 bridgehead atoms. The molecule has 2 rings (SSSR count). The Morgan fingerprint density at radius 1 is 1.57 bits per heavy atom. The number of carbonyl (C=O) groups excluding carboxylic acids is 1. The van der Waals surface area contributed by atoms with Gasteiger partial charge in [0, 0.05) is 24.5 Å². The fourth-order valence-corrected chi connectivity index (χ4v) is 3.22. The molecule has 2 N–H and O–H groups in total. The molecule has 4 unspecified atom stereocenters. The molecule has 3 nitrogen and oxygen atoms in total. The molecule has 1 heterocycles. The van der Waals surface area contributed by atoms with E-state index < -0.39 is 0 Å². The monoisotopic (exact) mass is 196 g/mol. The molecule has 0 spiro atoms. The van der Waals surface area contributed by atoms with Crippen LogP contribution in [0.15, 0.2) is 0 Å². The second-order valence-corrected chi connectivity index (χ2v) is 5.10. The maximum absolute atomic E-state index is 11.1. The third-order valence-corrected chi connectivity index (χ3v) is 3.74. The lowest BCUT2D eigenvalue weighted by Crippen LogP contribution is -2.58. The number of fused-ring (bicyclic) bond motifs is 1. The van der Waals surface area contributed by atoms with Crippen LogP contribution in [0, 0.1) is 5.92 Å². The van der Waals surface area contributed by atoms with Gasteiger partial charge in [0.1, 0.15) is 0 Å². The lowest BCUT2D eigenvalue weighted by Gasteiger charge is -2.41. The summed E-state index contributed by atoms with van der Waals surface area (Å²) in [7, 11) is 0. The highest BCUT2D eigenvalue weighted by molar-refractivity contribution is 5.73. The van der Waals surface area contributed by atoms with Crippen LogP contribution in [0.3, 0.4) is 0 Å². The van der Waals surface area contributed by atoms with Crippen LogP contribution in [0.1, 0.15) is 40.0 Å². The maximum Gasteiger partial charge on any atom is 0.217 e. The van der Waals surface area contributed by atoms with E-state index in [0.717, 1.165) is 18.8 Å². The first-order valence-corrected chi connectivity index (χ1v) is 5.59. The molecular formula is C11H20N2O. The summed E-state index contributed by atoms with van der Waals surface area (Å²) in [5.74, 6) is 0.888. The highest BCUT2D eigenvalue weighted by Gasteiger charge is 2.51. The molecule has 0 radical (unpaired) electrons. The van der Waals surface area contributed by atoms with Gasteiger partial charge in [-0.25, -0.2) is 0 Å². The van der Waals surface area contributed by atoms with E-state index in [-0.39, 0.29) is 11.4 Å². The van der Waals surface area contributed by atoms with Crippen LogP contribution >= 0.6 is 0 Å². The van der Waals surface area contributed by atoms with Crippen LogP contribution in [0.25, 0.3) is 0 Å². The van der Waals surface area contributed by atoms with Gasteiger partial charge in [0.25, 0.3) is 0 Å². The molecule has 1 saturated heterocycles. The van der Waals surface area contributed by atoms with Crippen LogP contribution < -0.4 is 10.6 Å². The number of hydrogen-bond acceptors (Lipinski definition) is 2. The minimum atomic E-state index is 0.0398. The zero-order valence-corrected chi connectivity index (χ0v) is 9.26. The zero-order valence-electron chi connectivity index (χ0n) is 9.26. The molecule has 0 aromatic heterocycles. The van der Waals surface area contributed by atoms with Gasteiger partial charge in [-0.15, -0.1) is 0 Å². The number of rotatable bonds is 2. The SMILES string of the molecule is CCC1NC2CC(C)(NC(C)=O)CC12. The average molecular weight is 196 g/mol. The summed E-state index contributed by atoms with van der Waals surface area (Å²) in [4.78, 5) is 11.1. The predicted octanol–water partition coefficient (Wildman–Crippen LogP) is 1.04. The summed E-state index contributed by atoms with van der Waals surface area (Å²) in [5, 5.41) is 6.65. The third kappa shape index (κ3) is 1.54. The summed E-state index contributed by atoms with van der Waals surface area (Å²) < 4.78 is 0. The lowest BCUT2D eigenvalue weighted by molar-refractivity contribution is -0.120. The van der Waals surface area contributed by atoms with Crippen LogP contribution in [-0.4, -0.2) is 23.5 Å². The van der Waals surface area contributed by atoms with Gasteiger partial charge in [-0.2, -0.15) is 0 Å². The van der Waals surface area contributed by atoms with E-state index in [1.54, 1.807) is 6.92 Å². The van der Waals surface area contributed by atoms with E-state index in [1.807, 2.05) is 0 Å². The van der Waals surface area contributed by atoms with Crippen LogP contribution in [0.2, 0.25) is 0 Å². The Morgan fingerprint density at radius 3 is 2.86 bits per heavy atom. The molecule has 0 aromatic carbocycles. The first-order chi connectivity index (χ1) is 6.54. The molecular weight excluding hydrogens is 176 g/mol. The van der Waals surface area contributed by atoms with Crippen molar-refractivity contribution in [2.75, 3.05) is 0 Å². The minimum absolute atomic E-state index is 0.0398.